The molecule has 2 aromatic carbocycles. The van der Waals surface area contributed by atoms with E-state index < -0.39 is 0 Å². The zero-order chi connectivity index (χ0) is 21.1. The van der Waals surface area contributed by atoms with Crippen molar-refractivity contribution < 1.29 is 19.0 Å². The van der Waals surface area contributed by atoms with Crippen molar-refractivity contribution in [2.45, 2.75) is 20.3 Å². The average molecular weight is 401 g/mol. The van der Waals surface area contributed by atoms with Gasteiger partial charge in [-0.05, 0) is 61.7 Å². The molecule has 0 aliphatic rings. The van der Waals surface area contributed by atoms with Gasteiger partial charge < -0.3 is 19.5 Å². The van der Waals surface area contributed by atoms with Crippen LogP contribution < -0.4 is 14.8 Å². The Kier molecular flexibility index (Phi) is 9.47. The van der Waals surface area contributed by atoms with Crippen LogP contribution in [-0.2, 0) is 9.53 Å². The summed E-state index contributed by atoms with van der Waals surface area (Å²) in [6.45, 7) is 6.98. The number of amides is 1. The lowest BCUT2D eigenvalue weighted by atomic mass is 10.1. The molecule has 158 valence electrons. The number of aryl methyl sites for hydroxylation is 1. The molecule has 0 heterocycles. The molecule has 0 saturated carbocycles. The predicted octanol–water partition coefficient (Wildman–Crippen LogP) is 3.67. The van der Waals surface area contributed by atoms with E-state index >= 15 is 0 Å². The van der Waals surface area contributed by atoms with Gasteiger partial charge in [-0.15, -0.1) is 0 Å². The first-order valence-corrected chi connectivity index (χ1v) is 9.87. The standard InChI is InChI=1S/C23H32N2O4/c1-18-7-5-8-22(19(18)2)24-23(26)17-25(14-16-27-3)13-6-15-29-21-11-9-20(28-4)10-12-21/h5,7-12H,6,13-17H2,1-4H3,(H,24,26). The van der Waals surface area contributed by atoms with Gasteiger partial charge in [0, 0.05) is 25.9 Å². The molecule has 0 radical (unpaired) electrons. The summed E-state index contributed by atoms with van der Waals surface area (Å²) in [6, 6.07) is 13.5. The van der Waals surface area contributed by atoms with Gasteiger partial charge in [-0.2, -0.15) is 0 Å². The summed E-state index contributed by atoms with van der Waals surface area (Å²) in [6.07, 6.45) is 0.812. The van der Waals surface area contributed by atoms with Crippen LogP contribution in [0.4, 0.5) is 5.69 Å². The summed E-state index contributed by atoms with van der Waals surface area (Å²) in [5.74, 6) is 1.59. The number of methoxy groups -OCH3 is 2. The van der Waals surface area contributed by atoms with Crippen LogP contribution in [0.3, 0.4) is 0 Å². The molecule has 6 nitrogen and oxygen atoms in total. The van der Waals surface area contributed by atoms with Gasteiger partial charge in [0.15, 0.2) is 0 Å². The van der Waals surface area contributed by atoms with Crippen LogP contribution in [0, 0.1) is 13.8 Å². The van der Waals surface area contributed by atoms with Gasteiger partial charge in [-0.1, -0.05) is 12.1 Å². The third-order valence-electron chi connectivity index (χ3n) is 4.80. The van der Waals surface area contributed by atoms with Crippen molar-refractivity contribution in [3.63, 3.8) is 0 Å². The predicted molar refractivity (Wildman–Crippen MR) is 116 cm³/mol. The molecule has 2 aromatic rings. The number of rotatable bonds is 12. The van der Waals surface area contributed by atoms with Crippen LogP contribution in [0.5, 0.6) is 11.5 Å². The third-order valence-corrected chi connectivity index (χ3v) is 4.80. The Morgan fingerprint density at radius 3 is 2.38 bits per heavy atom. The van der Waals surface area contributed by atoms with Crippen molar-refractivity contribution in [3.05, 3.63) is 53.6 Å². The molecular weight excluding hydrogens is 368 g/mol. The second-order valence-electron chi connectivity index (χ2n) is 6.94. The molecule has 0 aliphatic carbocycles. The van der Waals surface area contributed by atoms with Gasteiger partial charge in [-0.3, -0.25) is 9.69 Å². The van der Waals surface area contributed by atoms with Gasteiger partial charge >= 0.3 is 0 Å². The fourth-order valence-corrected chi connectivity index (χ4v) is 2.92. The zero-order valence-electron chi connectivity index (χ0n) is 17.9. The van der Waals surface area contributed by atoms with E-state index in [1.807, 2.05) is 56.3 Å². The largest absolute Gasteiger partial charge is 0.497 e. The minimum Gasteiger partial charge on any atom is -0.497 e. The van der Waals surface area contributed by atoms with Crippen LogP contribution in [0.25, 0.3) is 0 Å². The van der Waals surface area contributed by atoms with Crippen molar-refractivity contribution in [3.8, 4) is 11.5 Å². The monoisotopic (exact) mass is 400 g/mol. The molecule has 0 spiro atoms. The van der Waals surface area contributed by atoms with E-state index in [4.69, 9.17) is 14.2 Å². The first-order valence-electron chi connectivity index (χ1n) is 9.87. The van der Waals surface area contributed by atoms with Crippen LogP contribution >= 0.6 is 0 Å². The average Bonchev–Trinajstić information content (AvgIpc) is 2.73. The van der Waals surface area contributed by atoms with Gasteiger partial charge in [0.25, 0.3) is 0 Å². The quantitative estimate of drug-likeness (QED) is 0.551. The Hall–Kier alpha value is -2.57. The molecular formula is C23H32N2O4. The first-order chi connectivity index (χ1) is 14.0. The van der Waals surface area contributed by atoms with Crippen LogP contribution in [0.1, 0.15) is 17.5 Å². The molecule has 0 saturated heterocycles. The lowest BCUT2D eigenvalue weighted by Gasteiger charge is -2.22. The maximum atomic E-state index is 12.5. The number of nitrogens with zero attached hydrogens (tertiary/aromatic N) is 1. The third kappa shape index (κ3) is 7.75. The minimum atomic E-state index is -0.0223. The molecule has 0 bridgehead atoms. The molecule has 2 rings (SSSR count). The maximum absolute atomic E-state index is 12.5. The number of benzene rings is 2. The number of carbonyl (C=O) groups is 1. The summed E-state index contributed by atoms with van der Waals surface area (Å²) < 4.78 is 16.1. The number of carbonyl (C=O) groups excluding carboxylic acids is 1. The van der Waals surface area contributed by atoms with Gasteiger partial charge in [-0.25, -0.2) is 0 Å². The Balaban J connectivity index is 1.81. The molecule has 6 heteroatoms. The summed E-state index contributed by atoms with van der Waals surface area (Å²) in [5, 5.41) is 3.02. The van der Waals surface area contributed by atoms with Crippen molar-refractivity contribution in [2.24, 2.45) is 0 Å². The van der Waals surface area contributed by atoms with E-state index in [9.17, 15) is 4.79 Å². The molecule has 1 N–H and O–H groups in total. The van der Waals surface area contributed by atoms with E-state index in [0.29, 0.717) is 26.3 Å². The normalized spacial score (nSPS) is 10.8. The van der Waals surface area contributed by atoms with E-state index in [2.05, 4.69) is 10.2 Å². The van der Waals surface area contributed by atoms with E-state index in [1.165, 1.54) is 0 Å². The first kappa shape index (κ1) is 22.7. The second kappa shape index (κ2) is 12.1. The van der Waals surface area contributed by atoms with Crippen molar-refractivity contribution in [1.29, 1.82) is 0 Å². The highest BCUT2D eigenvalue weighted by Gasteiger charge is 2.12. The lowest BCUT2D eigenvalue weighted by molar-refractivity contribution is -0.117. The van der Waals surface area contributed by atoms with E-state index in [0.717, 1.165) is 41.3 Å². The molecule has 1 amide bonds. The van der Waals surface area contributed by atoms with Crippen LogP contribution in [0.15, 0.2) is 42.5 Å². The molecule has 29 heavy (non-hydrogen) atoms. The number of hydrogen-bond acceptors (Lipinski definition) is 5. The number of ether oxygens (including phenoxy) is 3. The Morgan fingerprint density at radius 2 is 1.69 bits per heavy atom. The summed E-state index contributed by atoms with van der Waals surface area (Å²) in [7, 11) is 3.31. The van der Waals surface area contributed by atoms with E-state index in [1.54, 1.807) is 14.2 Å². The Bertz CT molecular complexity index is 762. The fraction of sp³-hybridized carbons (Fsp3) is 0.435. The Labute approximate surface area is 173 Å². The summed E-state index contributed by atoms with van der Waals surface area (Å²) >= 11 is 0. The lowest BCUT2D eigenvalue weighted by Crippen LogP contribution is -2.36. The van der Waals surface area contributed by atoms with Crippen molar-refractivity contribution in [1.82, 2.24) is 4.90 Å². The molecule has 0 atom stereocenters. The molecule has 0 fully saturated rings. The number of nitrogens with one attached hydrogen (secondary N) is 1. The number of hydrogen-bond donors (Lipinski definition) is 1. The topological polar surface area (TPSA) is 60.0 Å². The highest BCUT2D eigenvalue weighted by molar-refractivity contribution is 5.93. The Morgan fingerprint density at radius 1 is 0.966 bits per heavy atom. The smallest absolute Gasteiger partial charge is 0.238 e. The van der Waals surface area contributed by atoms with Gasteiger partial charge in [0.05, 0.1) is 26.9 Å². The zero-order valence-corrected chi connectivity index (χ0v) is 17.9. The summed E-state index contributed by atoms with van der Waals surface area (Å²) in [4.78, 5) is 14.6. The van der Waals surface area contributed by atoms with Crippen molar-refractivity contribution >= 4 is 11.6 Å². The van der Waals surface area contributed by atoms with Gasteiger partial charge in [0.1, 0.15) is 11.5 Å². The number of anilines is 1. The highest BCUT2D eigenvalue weighted by Crippen LogP contribution is 2.18. The fourth-order valence-electron chi connectivity index (χ4n) is 2.92. The summed E-state index contributed by atoms with van der Waals surface area (Å²) in [5.41, 5.74) is 3.12. The SMILES string of the molecule is COCCN(CCCOc1ccc(OC)cc1)CC(=O)Nc1cccc(C)c1C. The van der Waals surface area contributed by atoms with E-state index in [-0.39, 0.29) is 5.91 Å². The van der Waals surface area contributed by atoms with Gasteiger partial charge in [0.2, 0.25) is 5.91 Å². The molecule has 0 aliphatic heterocycles. The maximum Gasteiger partial charge on any atom is 0.238 e. The van der Waals surface area contributed by atoms with Crippen LogP contribution in [0.2, 0.25) is 0 Å². The minimum absolute atomic E-state index is 0.0223. The van der Waals surface area contributed by atoms with Crippen molar-refractivity contribution in [2.75, 3.05) is 52.4 Å². The van der Waals surface area contributed by atoms with Crippen LogP contribution in [-0.4, -0.2) is 57.9 Å². The molecule has 0 aromatic heterocycles. The molecule has 0 unspecified atom stereocenters. The second-order valence-corrected chi connectivity index (χ2v) is 6.94. The highest BCUT2D eigenvalue weighted by atomic mass is 16.5.